The van der Waals surface area contributed by atoms with E-state index in [0.717, 1.165) is 12.1 Å². The fraction of sp³-hybridized carbons (Fsp3) is 0.263. The van der Waals surface area contributed by atoms with Gasteiger partial charge in [-0.1, -0.05) is 17.3 Å². The number of halogens is 2. The van der Waals surface area contributed by atoms with E-state index in [1.165, 1.54) is 18.2 Å². The van der Waals surface area contributed by atoms with E-state index in [1.54, 1.807) is 32.9 Å². The molecule has 0 fully saturated rings. The van der Waals surface area contributed by atoms with Gasteiger partial charge in [-0.05, 0) is 51.1 Å². The summed E-state index contributed by atoms with van der Waals surface area (Å²) in [7, 11) is -3.74. The van der Waals surface area contributed by atoms with Crippen molar-refractivity contribution in [3.8, 4) is 11.5 Å². The number of nitrogens with one attached hydrogen (secondary N) is 1. The van der Waals surface area contributed by atoms with Crippen molar-refractivity contribution in [2.45, 2.75) is 37.6 Å². The van der Waals surface area contributed by atoms with Crippen LogP contribution in [-0.4, -0.2) is 24.1 Å². The first kappa shape index (κ1) is 20.1. The van der Waals surface area contributed by atoms with Crippen LogP contribution in [0, 0.1) is 11.6 Å². The number of hydrogen-bond donors (Lipinski definition) is 1. The maximum Gasteiger partial charge on any atom is 0.257 e. The van der Waals surface area contributed by atoms with Crippen LogP contribution in [0.3, 0.4) is 0 Å². The van der Waals surface area contributed by atoms with Crippen molar-refractivity contribution < 1.29 is 21.7 Å². The van der Waals surface area contributed by atoms with Gasteiger partial charge in [-0.15, -0.1) is 0 Å². The molecular weight excluding hydrogens is 388 g/mol. The van der Waals surface area contributed by atoms with E-state index in [2.05, 4.69) is 14.9 Å². The minimum Gasteiger partial charge on any atom is -0.334 e. The maximum absolute atomic E-state index is 13.8. The summed E-state index contributed by atoms with van der Waals surface area (Å²) < 4.78 is 60.3. The largest absolute Gasteiger partial charge is 0.334 e. The van der Waals surface area contributed by atoms with Crippen LogP contribution in [0.5, 0.6) is 0 Å². The van der Waals surface area contributed by atoms with Gasteiger partial charge < -0.3 is 4.52 Å². The Labute approximate surface area is 161 Å². The first-order valence-corrected chi connectivity index (χ1v) is 9.93. The van der Waals surface area contributed by atoms with Gasteiger partial charge in [0, 0.05) is 23.1 Å². The molecule has 6 nitrogen and oxygen atoms in total. The Balaban J connectivity index is 1.88. The zero-order chi connectivity index (χ0) is 20.5. The molecule has 0 amide bonds. The Bertz CT molecular complexity index is 1090. The molecule has 0 radical (unpaired) electrons. The first-order valence-electron chi connectivity index (χ1n) is 8.45. The number of benzene rings is 2. The Morgan fingerprint density at radius 2 is 1.71 bits per heavy atom. The third-order valence-corrected chi connectivity index (χ3v) is 5.45. The zero-order valence-electron chi connectivity index (χ0n) is 15.5. The first-order chi connectivity index (χ1) is 13.0. The van der Waals surface area contributed by atoms with Crippen molar-refractivity contribution in [2.75, 3.05) is 0 Å². The highest BCUT2D eigenvalue weighted by Gasteiger charge is 2.23. The minimum atomic E-state index is -3.74. The van der Waals surface area contributed by atoms with Crippen LogP contribution < -0.4 is 4.72 Å². The lowest BCUT2D eigenvalue weighted by Crippen LogP contribution is -2.40. The lowest BCUT2D eigenvalue weighted by molar-refractivity contribution is 0.423. The molecule has 0 atom stereocenters. The molecule has 0 bridgehead atoms. The molecule has 1 N–H and O–H groups in total. The lowest BCUT2D eigenvalue weighted by Gasteiger charge is -2.20. The minimum absolute atomic E-state index is 0.0415. The second-order valence-corrected chi connectivity index (χ2v) is 8.96. The highest BCUT2D eigenvalue weighted by Crippen LogP contribution is 2.23. The standard InChI is InChI=1S/C19H19F2N3O3S/c1-19(2,3)24-28(25,26)13-7-4-6-12(10-13)18-22-17(23-27-18)11-14-15(20)8-5-9-16(14)21/h4-10,24H,11H2,1-3H3. The van der Waals surface area contributed by atoms with Crippen LogP contribution in [0.25, 0.3) is 11.5 Å². The number of rotatable bonds is 5. The lowest BCUT2D eigenvalue weighted by atomic mass is 10.1. The van der Waals surface area contributed by atoms with Gasteiger partial charge in [-0.3, -0.25) is 0 Å². The molecule has 0 saturated heterocycles. The molecular formula is C19H19F2N3O3S. The van der Waals surface area contributed by atoms with E-state index in [-0.39, 0.29) is 28.6 Å². The van der Waals surface area contributed by atoms with Crippen molar-refractivity contribution in [1.82, 2.24) is 14.9 Å². The van der Waals surface area contributed by atoms with Crippen LogP contribution in [0.2, 0.25) is 0 Å². The molecule has 0 unspecified atom stereocenters. The SMILES string of the molecule is CC(C)(C)NS(=O)(=O)c1cccc(-c2nc(Cc3c(F)cccc3F)no2)c1. The molecule has 2 aromatic carbocycles. The van der Waals surface area contributed by atoms with Crippen LogP contribution in [0.15, 0.2) is 51.9 Å². The van der Waals surface area contributed by atoms with Crippen molar-refractivity contribution in [3.63, 3.8) is 0 Å². The van der Waals surface area contributed by atoms with Gasteiger partial charge in [0.15, 0.2) is 5.82 Å². The second kappa shape index (κ2) is 7.40. The number of sulfonamides is 1. The number of hydrogen-bond acceptors (Lipinski definition) is 5. The summed E-state index contributed by atoms with van der Waals surface area (Å²) in [5, 5.41) is 3.74. The predicted octanol–water partition coefficient (Wildman–Crippen LogP) is 3.68. The van der Waals surface area contributed by atoms with Crippen molar-refractivity contribution in [3.05, 3.63) is 65.5 Å². The molecule has 0 aliphatic carbocycles. The maximum atomic E-state index is 13.8. The summed E-state index contributed by atoms with van der Waals surface area (Å²) in [6, 6.07) is 9.57. The Hall–Kier alpha value is -2.65. The molecule has 0 spiro atoms. The monoisotopic (exact) mass is 407 g/mol. The molecule has 0 aliphatic heterocycles. The van der Waals surface area contributed by atoms with Crippen LogP contribution in [0.4, 0.5) is 8.78 Å². The molecule has 3 aromatic rings. The van der Waals surface area contributed by atoms with E-state index >= 15 is 0 Å². The molecule has 148 valence electrons. The quantitative estimate of drug-likeness (QED) is 0.697. The molecule has 0 saturated carbocycles. The Kier molecular flexibility index (Phi) is 5.31. The predicted molar refractivity (Wildman–Crippen MR) is 99.0 cm³/mol. The molecule has 28 heavy (non-hydrogen) atoms. The van der Waals surface area contributed by atoms with Gasteiger partial charge in [-0.2, -0.15) is 4.98 Å². The smallest absolute Gasteiger partial charge is 0.257 e. The van der Waals surface area contributed by atoms with Gasteiger partial charge in [0.05, 0.1) is 4.90 Å². The zero-order valence-corrected chi connectivity index (χ0v) is 16.3. The van der Waals surface area contributed by atoms with E-state index in [0.29, 0.717) is 5.56 Å². The van der Waals surface area contributed by atoms with Crippen molar-refractivity contribution >= 4 is 10.0 Å². The van der Waals surface area contributed by atoms with Crippen molar-refractivity contribution in [2.24, 2.45) is 0 Å². The summed E-state index contributed by atoms with van der Waals surface area (Å²) >= 11 is 0. The molecule has 1 aromatic heterocycles. The summed E-state index contributed by atoms with van der Waals surface area (Å²) in [5.74, 6) is -1.26. The molecule has 1 heterocycles. The average Bonchev–Trinajstić information content (AvgIpc) is 3.05. The summed E-state index contributed by atoms with van der Waals surface area (Å²) in [5.41, 5.74) is -0.429. The van der Waals surface area contributed by atoms with Gasteiger partial charge >= 0.3 is 0 Å². The van der Waals surface area contributed by atoms with Gasteiger partial charge in [-0.25, -0.2) is 21.9 Å². The average molecular weight is 407 g/mol. The van der Waals surface area contributed by atoms with Gasteiger partial charge in [0.2, 0.25) is 10.0 Å². The normalized spacial score (nSPS) is 12.3. The van der Waals surface area contributed by atoms with Crippen LogP contribution in [0.1, 0.15) is 32.2 Å². The van der Waals surface area contributed by atoms with Gasteiger partial charge in [0.1, 0.15) is 11.6 Å². The van der Waals surface area contributed by atoms with Gasteiger partial charge in [0.25, 0.3) is 5.89 Å². The van der Waals surface area contributed by atoms with E-state index < -0.39 is 27.2 Å². The third kappa shape index (κ3) is 4.60. The Morgan fingerprint density at radius 3 is 2.36 bits per heavy atom. The fourth-order valence-corrected chi connectivity index (χ4v) is 4.02. The number of nitrogens with zero attached hydrogens (tertiary/aromatic N) is 2. The summed E-state index contributed by atoms with van der Waals surface area (Å²) in [4.78, 5) is 4.17. The van der Waals surface area contributed by atoms with E-state index in [4.69, 9.17) is 4.52 Å². The summed E-state index contributed by atoms with van der Waals surface area (Å²) in [6.45, 7) is 5.21. The summed E-state index contributed by atoms with van der Waals surface area (Å²) in [6.07, 6.45) is -0.189. The molecule has 3 rings (SSSR count). The molecule has 9 heteroatoms. The Morgan fingerprint density at radius 1 is 1.07 bits per heavy atom. The van der Waals surface area contributed by atoms with Crippen LogP contribution in [-0.2, 0) is 16.4 Å². The highest BCUT2D eigenvalue weighted by molar-refractivity contribution is 7.89. The van der Waals surface area contributed by atoms with E-state index in [9.17, 15) is 17.2 Å². The highest BCUT2D eigenvalue weighted by atomic mass is 32.2. The second-order valence-electron chi connectivity index (χ2n) is 7.28. The van der Waals surface area contributed by atoms with Crippen molar-refractivity contribution in [1.29, 1.82) is 0 Å². The number of aromatic nitrogens is 2. The van der Waals surface area contributed by atoms with E-state index in [1.807, 2.05) is 0 Å². The fourth-order valence-electron chi connectivity index (χ4n) is 2.56. The van der Waals surface area contributed by atoms with Crippen LogP contribution >= 0.6 is 0 Å². The molecule has 0 aliphatic rings. The topological polar surface area (TPSA) is 85.1 Å². The third-order valence-electron chi connectivity index (χ3n) is 3.70.